The Bertz CT molecular complexity index is 1200. The molecule has 194 valence electrons. The molecule has 8 nitrogen and oxygen atoms in total. The molecule has 2 amide bonds. The van der Waals surface area contributed by atoms with Crippen LogP contribution in [0.3, 0.4) is 0 Å². The molecule has 0 saturated carbocycles. The first-order valence-electron chi connectivity index (χ1n) is 11.8. The maximum absolute atomic E-state index is 12.7. The number of nitrogens with two attached hydrogens (primary N) is 1. The average Bonchev–Trinajstić information content (AvgIpc) is 2.89. The highest BCUT2D eigenvalue weighted by Crippen LogP contribution is 2.32. The number of unbranched alkanes of at least 4 members (excludes halogenated alkanes) is 1. The molecule has 0 spiro atoms. The fraction of sp³-hybridized carbons (Fsp3) is 0.214. The van der Waals surface area contributed by atoms with Crippen LogP contribution in [0.15, 0.2) is 89.4 Å². The Kier molecular flexibility index (Phi) is 11.0. The number of anilines is 3. The van der Waals surface area contributed by atoms with Gasteiger partial charge >= 0.3 is 6.09 Å². The number of para-hydroxylation sites is 3. The lowest BCUT2D eigenvalue weighted by atomic mass is 10.0. The Morgan fingerprint density at radius 2 is 1.73 bits per heavy atom. The van der Waals surface area contributed by atoms with Crippen molar-refractivity contribution in [3.8, 4) is 5.75 Å². The van der Waals surface area contributed by atoms with Gasteiger partial charge in [0.15, 0.2) is 0 Å². The van der Waals surface area contributed by atoms with E-state index in [1.165, 1.54) is 6.08 Å². The molecule has 9 heteroatoms. The third kappa shape index (κ3) is 9.29. The highest BCUT2D eigenvalue weighted by Gasteiger charge is 2.20. The fourth-order valence-corrected chi connectivity index (χ4v) is 3.78. The molecule has 0 aliphatic rings. The summed E-state index contributed by atoms with van der Waals surface area (Å²) >= 11 is 3.37. The van der Waals surface area contributed by atoms with Gasteiger partial charge in [0.1, 0.15) is 18.5 Å². The van der Waals surface area contributed by atoms with Gasteiger partial charge in [-0.2, -0.15) is 0 Å². The number of amides is 2. The molecule has 0 saturated heterocycles. The van der Waals surface area contributed by atoms with Gasteiger partial charge in [-0.1, -0.05) is 52.3 Å². The number of rotatable bonds is 12. The van der Waals surface area contributed by atoms with Gasteiger partial charge < -0.3 is 25.6 Å². The zero-order chi connectivity index (χ0) is 26.5. The molecular formula is C28H30BrN3O5. The Hall–Kier alpha value is -3.82. The van der Waals surface area contributed by atoms with E-state index < -0.39 is 12.2 Å². The van der Waals surface area contributed by atoms with Gasteiger partial charge in [0.25, 0.3) is 0 Å². The number of halogens is 1. The molecule has 3 rings (SSSR count). The van der Waals surface area contributed by atoms with Crippen LogP contribution in [0.1, 0.15) is 30.9 Å². The number of nitrogen functional groups attached to an aromatic ring is 1. The van der Waals surface area contributed by atoms with Gasteiger partial charge in [0.05, 0.1) is 18.0 Å². The molecule has 1 atom stereocenters. The van der Waals surface area contributed by atoms with Gasteiger partial charge in [-0.15, -0.1) is 0 Å². The van der Waals surface area contributed by atoms with Gasteiger partial charge in [-0.05, 0) is 67.8 Å². The maximum atomic E-state index is 12.7. The van der Waals surface area contributed by atoms with Crippen LogP contribution in [-0.4, -0.2) is 30.3 Å². The molecule has 0 radical (unpaired) electrons. The van der Waals surface area contributed by atoms with Crippen LogP contribution < -0.4 is 21.1 Å². The molecular weight excluding hydrogens is 538 g/mol. The van der Waals surface area contributed by atoms with Crippen LogP contribution in [0.5, 0.6) is 5.75 Å². The summed E-state index contributed by atoms with van der Waals surface area (Å²) in [6.45, 7) is -0.00992. The topological polar surface area (TPSA) is 123 Å². The van der Waals surface area contributed by atoms with Crippen molar-refractivity contribution in [2.75, 3.05) is 29.6 Å². The molecule has 0 fully saturated rings. The van der Waals surface area contributed by atoms with E-state index in [-0.39, 0.29) is 19.1 Å². The minimum Gasteiger partial charge on any atom is -0.491 e. The highest BCUT2D eigenvalue weighted by atomic mass is 79.9. The van der Waals surface area contributed by atoms with Crippen molar-refractivity contribution < 1.29 is 24.2 Å². The van der Waals surface area contributed by atoms with Crippen molar-refractivity contribution >= 4 is 45.0 Å². The van der Waals surface area contributed by atoms with Crippen molar-refractivity contribution in [2.24, 2.45) is 0 Å². The first-order chi connectivity index (χ1) is 18.0. The lowest BCUT2D eigenvalue weighted by Gasteiger charge is -2.21. The van der Waals surface area contributed by atoms with Crippen LogP contribution in [0, 0.1) is 0 Å². The van der Waals surface area contributed by atoms with Gasteiger partial charge in [-0.3, -0.25) is 10.1 Å². The third-order valence-electron chi connectivity index (χ3n) is 5.28. The molecule has 0 aliphatic carbocycles. The van der Waals surface area contributed by atoms with Crippen LogP contribution in [0.4, 0.5) is 21.9 Å². The number of ether oxygens (including phenoxy) is 2. The number of hydrogen-bond donors (Lipinski definition) is 4. The second kappa shape index (κ2) is 14.7. The van der Waals surface area contributed by atoms with Crippen LogP contribution >= 0.6 is 15.9 Å². The molecule has 3 aromatic carbocycles. The number of hydrogen-bond acceptors (Lipinski definition) is 6. The maximum Gasteiger partial charge on any atom is 0.412 e. The smallest absolute Gasteiger partial charge is 0.412 e. The second-order valence-corrected chi connectivity index (χ2v) is 8.96. The molecule has 0 aliphatic heterocycles. The van der Waals surface area contributed by atoms with Crippen molar-refractivity contribution in [2.45, 2.75) is 25.4 Å². The van der Waals surface area contributed by atoms with E-state index in [0.717, 1.165) is 4.47 Å². The molecule has 5 N–H and O–H groups in total. The number of benzene rings is 3. The Balaban J connectivity index is 1.62. The first kappa shape index (κ1) is 27.8. The van der Waals surface area contributed by atoms with Crippen molar-refractivity contribution in [3.05, 3.63) is 95.0 Å². The molecule has 0 unspecified atom stereocenters. The van der Waals surface area contributed by atoms with E-state index in [0.29, 0.717) is 47.6 Å². The number of aliphatic hydroxyl groups is 1. The SMILES string of the molecule is Nc1ccccc1NC(=O)/C=C/CCC[C@@H](OC(=O)Nc1ccc(Br)cc1)c1ccccc1OCCO. The summed E-state index contributed by atoms with van der Waals surface area (Å²) in [7, 11) is 0. The van der Waals surface area contributed by atoms with E-state index in [1.807, 2.05) is 30.3 Å². The second-order valence-electron chi connectivity index (χ2n) is 8.05. The first-order valence-corrected chi connectivity index (χ1v) is 12.6. The van der Waals surface area contributed by atoms with E-state index in [1.54, 1.807) is 48.5 Å². The summed E-state index contributed by atoms with van der Waals surface area (Å²) in [4.78, 5) is 24.9. The molecule has 0 heterocycles. The summed E-state index contributed by atoms with van der Waals surface area (Å²) in [5.74, 6) is 0.260. The number of aliphatic hydroxyl groups excluding tert-OH is 1. The summed E-state index contributed by atoms with van der Waals surface area (Å²) in [6, 6.07) is 21.5. The normalized spacial score (nSPS) is 11.6. The number of nitrogens with one attached hydrogen (secondary N) is 2. The largest absolute Gasteiger partial charge is 0.491 e. The highest BCUT2D eigenvalue weighted by molar-refractivity contribution is 9.10. The number of allylic oxidation sites excluding steroid dienone is 1. The zero-order valence-corrected chi connectivity index (χ0v) is 21.8. The Labute approximate surface area is 224 Å². The van der Waals surface area contributed by atoms with E-state index in [9.17, 15) is 9.59 Å². The van der Waals surface area contributed by atoms with Gasteiger partial charge in [-0.25, -0.2) is 4.79 Å². The van der Waals surface area contributed by atoms with E-state index in [4.69, 9.17) is 20.3 Å². The monoisotopic (exact) mass is 567 g/mol. The summed E-state index contributed by atoms with van der Waals surface area (Å²) < 4.78 is 12.3. The minimum atomic E-state index is -0.600. The van der Waals surface area contributed by atoms with E-state index in [2.05, 4.69) is 26.6 Å². The van der Waals surface area contributed by atoms with Crippen LogP contribution in [-0.2, 0) is 9.53 Å². The van der Waals surface area contributed by atoms with Crippen LogP contribution in [0.2, 0.25) is 0 Å². The number of carbonyl (C=O) groups is 2. The molecule has 37 heavy (non-hydrogen) atoms. The van der Waals surface area contributed by atoms with Crippen LogP contribution in [0.25, 0.3) is 0 Å². The van der Waals surface area contributed by atoms with Gasteiger partial charge in [0, 0.05) is 15.7 Å². The quantitative estimate of drug-likeness (QED) is 0.120. The molecule has 0 bridgehead atoms. The van der Waals surface area contributed by atoms with Crippen molar-refractivity contribution in [1.29, 1.82) is 0 Å². The molecule has 0 aromatic heterocycles. The predicted octanol–water partition coefficient (Wildman–Crippen LogP) is 6.06. The van der Waals surface area contributed by atoms with Gasteiger partial charge in [0.2, 0.25) is 5.91 Å². The molecule has 3 aromatic rings. The Morgan fingerprint density at radius 1 is 1.00 bits per heavy atom. The number of carbonyl (C=O) groups excluding carboxylic acids is 2. The predicted molar refractivity (Wildman–Crippen MR) is 148 cm³/mol. The average molecular weight is 568 g/mol. The minimum absolute atomic E-state index is 0.124. The Morgan fingerprint density at radius 3 is 2.49 bits per heavy atom. The zero-order valence-electron chi connectivity index (χ0n) is 20.2. The lowest BCUT2D eigenvalue weighted by molar-refractivity contribution is -0.111. The standard InChI is InChI=1S/C28H30BrN3O5/c29-20-14-16-21(17-15-20)31-28(35)37-26(22-8-4-7-11-25(22)36-19-18-33)12-2-1-3-13-27(34)32-24-10-6-5-9-23(24)30/h3-11,13-17,26,33H,1-2,12,18-19,30H2,(H,31,35)(H,32,34)/b13-3+/t26-/m1/s1. The lowest BCUT2D eigenvalue weighted by Crippen LogP contribution is -2.18. The fourth-order valence-electron chi connectivity index (χ4n) is 3.52. The third-order valence-corrected chi connectivity index (χ3v) is 5.81. The van der Waals surface area contributed by atoms with Crippen molar-refractivity contribution in [3.63, 3.8) is 0 Å². The summed E-state index contributed by atoms with van der Waals surface area (Å²) in [5, 5.41) is 14.7. The van der Waals surface area contributed by atoms with E-state index >= 15 is 0 Å². The van der Waals surface area contributed by atoms with Crippen molar-refractivity contribution in [1.82, 2.24) is 0 Å². The summed E-state index contributed by atoms with van der Waals surface area (Å²) in [5.41, 5.74) is 8.21. The summed E-state index contributed by atoms with van der Waals surface area (Å²) in [6.07, 6.45) is 3.75.